The van der Waals surface area contributed by atoms with Crippen molar-refractivity contribution in [2.45, 2.75) is 77.0 Å². The van der Waals surface area contributed by atoms with Crippen LogP contribution in [0.2, 0.25) is 0 Å². The summed E-state index contributed by atoms with van der Waals surface area (Å²) in [6, 6.07) is 12.8. The molecule has 1 fully saturated rings. The van der Waals surface area contributed by atoms with Gasteiger partial charge < -0.3 is 24.8 Å². The molecular weight excluding hydrogens is 650 g/mol. The molecule has 4 aromatic rings. The molecule has 1 saturated heterocycles. The number of amides is 3. The summed E-state index contributed by atoms with van der Waals surface area (Å²) in [5.74, 6) is 1.26. The molecule has 3 N–H and O–H groups in total. The zero-order chi connectivity index (χ0) is 36.2. The Bertz CT molecular complexity index is 1850. The average Bonchev–Trinajstić information content (AvgIpc) is 3.55. The van der Waals surface area contributed by atoms with Gasteiger partial charge in [0.05, 0.1) is 31.1 Å². The molecule has 1 aliphatic heterocycles. The third kappa shape index (κ3) is 8.63. The van der Waals surface area contributed by atoms with Gasteiger partial charge in [0.2, 0.25) is 5.82 Å². The molecular formula is C37H49N9O5. The lowest BCUT2D eigenvalue weighted by molar-refractivity contribution is 0.0106. The highest BCUT2D eigenvalue weighted by molar-refractivity contribution is 5.92. The van der Waals surface area contributed by atoms with Gasteiger partial charge in [-0.2, -0.15) is 0 Å². The topological polar surface area (TPSA) is 157 Å². The summed E-state index contributed by atoms with van der Waals surface area (Å²) in [6.45, 7) is 14.6. The molecule has 4 heterocycles. The first-order chi connectivity index (χ1) is 24.4. The van der Waals surface area contributed by atoms with Crippen LogP contribution < -0.4 is 20.7 Å². The fraction of sp³-hybridized carbons (Fsp3) is 0.514. The van der Waals surface area contributed by atoms with E-state index in [0.717, 1.165) is 50.4 Å². The highest BCUT2D eigenvalue weighted by Crippen LogP contribution is 2.39. The van der Waals surface area contributed by atoms with Gasteiger partial charge in [-0.15, -0.1) is 10.2 Å². The molecule has 0 spiro atoms. The van der Waals surface area contributed by atoms with E-state index >= 15 is 0 Å². The number of nitrogens with zero attached hydrogens (tertiary/aromatic N) is 6. The quantitative estimate of drug-likeness (QED) is 0.184. The molecule has 14 nitrogen and oxygen atoms in total. The van der Waals surface area contributed by atoms with Crippen molar-refractivity contribution < 1.29 is 23.8 Å². The molecule has 0 radical (unpaired) electrons. The number of ether oxygens (including phenoxy) is 3. The van der Waals surface area contributed by atoms with Gasteiger partial charge in [-0.1, -0.05) is 45.0 Å². The Morgan fingerprint density at radius 3 is 2.49 bits per heavy atom. The number of hydrogen-bond donors (Lipinski definition) is 3. The zero-order valence-corrected chi connectivity index (χ0v) is 30.4. The summed E-state index contributed by atoms with van der Waals surface area (Å²) in [6.07, 6.45) is 3.80. The Balaban J connectivity index is 1.12. The molecule has 0 bridgehead atoms. The highest BCUT2D eigenvalue weighted by Gasteiger charge is 2.31. The lowest BCUT2D eigenvalue weighted by Gasteiger charge is -2.32. The number of benzene rings is 1. The number of rotatable bonds is 11. The minimum Gasteiger partial charge on any atom is -0.484 e. The third-order valence-electron chi connectivity index (χ3n) is 9.42. The minimum atomic E-state index is -0.633. The predicted octanol–water partition coefficient (Wildman–Crippen LogP) is 4.93. The summed E-state index contributed by atoms with van der Waals surface area (Å²) in [7, 11) is 1.65. The van der Waals surface area contributed by atoms with E-state index in [-0.39, 0.29) is 35.1 Å². The van der Waals surface area contributed by atoms with E-state index in [0.29, 0.717) is 42.3 Å². The first kappa shape index (κ1) is 36.1. The SMILES string of the molecule is COC(C)(C)c1nnc2ccc(O[C@@H]3CC[C@H](NC(=O)Nc4cc(C(C)(C)C)nc(C(=O)NCCCN5CCOCC5)n4)c4ccccc43)cn12. The number of anilines is 1. The molecule has 2 aliphatic rings. The molecule has 6 rings (SSSR count). The number of urea groups is 1. The van der Waals surface area contributed by atoms with Crippen LogP contribution >= 0.6 is 0 Å². The Kier molecular flexibility index (Phi) is 10.8. The molecule has 51 heavy (non-hydrogen) atoms. The second kappa shape index (κ2) is 15.3. The van der Waals surface area contributed by atoms with Gasteiger partial charge in [0.15, 0.2) is 11.5 Å². The van der Waals surface area contributed by atoms with Crippen LogP contribution in [0.1, 0.15) is 99.3 Å². The highest BCUT2D eigenvalue weighted by atomic mass is 16.5. The van der Waals surface area contributed by atoms with Gasteiger partial charge in [0.1, 0.15) is 23.3 Å². The molecule has 3 aromatic heterocycles. The number of hydrogen-bond acceptors (Lipinski definition) is 10. The van der Waals surface area contributed by atoms with E-state index in [1.807, 2.05) is 81.6 Å². The molecule has 1 aliphatic carbocycles. The number of pyridine rings is 1. The van der Waals surface area contributed by atoms with Gasteiger partial charge in [-0.05, 0) is 62.9 Å². The zero-order valence-electron chi connectivity index (χ0n) is 30.4. The number of aromatic nitrogens is 5. The Morgan fingerprint density at radius 1 is 0.980 bits per heavy atom. The average molecular weight is 700 g/mol. The summed E-state index contributed by atoms with van der Waals surface area (Å²) in [5, 5.41) is 17.6. The maximum Gasteiger partial charge on any atom is 0.320 e. The second-order valence-electron chi connectivity index (χ2n) is 14.6. The standard InChI is InChI=1S/C37H49N9O5/c1-36(2,3)29-22-30(41-32(40-29)33(47)38-16-9-17-45-18-20-50-21-19-45)42-35(48)39-27-13-14-28(26-11-8-7-10-25(26)27)51-24-12-15-31-43-44-34(46(31)23-24)37(4,5)49-6/h7-8,10-12,15,22-23,27-28H,9,13-14,16-21H2,1-6H3,(H,38,47)(H2,39,40,41,42,48)/t27-,28+/m0/s1. The number of fused-ring (bicyclic) bond motifs is 2. The van der Waals surface area contributed by atoms with Crippen molar-refractivity contribution in [3.8, 4) is 5.75 Å². The van der Waals surface area contributed by atoms with Gasteiger partial charge >= 0.3 is 6.03 Å². The molecule has 0 saturated carbocycles. The van der Waals surface area contributed by atoms with Crippen molar-refractivity contribution in [2.75, 3.05) is 51.8 Å². The smallest absolute Gasteiger partial charge is 0.320 e. The largest absolute Gasteiger partial charge is 0.484 e. The Labute approximate surface area is 298 Å². The van der Waals surface area contributed by atoms with Crippen molar-refractivity contribution >= 4 is 23.4 Å². The monoisotopic (exact) mass is 699 g/mol. The van der Waals surface area contributed by atoms with Crippen molar-refractivity contribution in [1.82, 2.24) is 40.1 Å². The van der Waals surface area contributed by atoms with Gasteiger partial charge in [0, 0.05) is 38.2 Å². The summed E-state index contributed by atoms with van der Waals surface area (Å²) in [5.41, 5.74) is 2.32. The van der Waals surface area contributed by atoms with Gasteiger partial charge in [-0.3, -0.25) is 19.4 Å². The van der Waals surface area contributed by atoms with Crippen LogP contribution in [0.5, 0.6) is 5.75 Å². The minimum absolute atomic E-state index is 0.0228. The molecule has 3 amide bonds. The Hall–Kier alpha value is -4.66. The van der Waals surface area contributed by atoms with E-state index < -0.39 is 11.6 Å². The molecule has 2 atom stereocenters. The lowest BCUT2D eigenvalue weighted by Crippen LogP contribution is -2.38. The van der Waals surface area contributed by atoms with Gasteiger partial charge in [-0.25, -0.2) is 14.8 Å². The number of carbonyl (C=O) groups excluding carboxylic acids is 2. The number of carbonyl (C=O) groups is 2. The summed E-state index contributed by atoms with van der Waals surface area (Å²) < 4.78 is 19.5. The molecule has 1 aromatic carbocycles. The second-order valence-corrected chi connectivity index (χ2v) is 14.6. The normalized spacial score (nSPS) is 18.2. The van der Waals surface area contributed by atoms with Gasteiger partial charge in [0.25, 0.3) is 5.91 Å². The van der Waals surface area contributed by atoms with Crippen LogP contribution in [-0.4, -0.2) is 87.9 Å². The first-order valence-corrected chi connectivity index (χ1v) is 17.6. The number of nitrogens with one attached hydrogen (secondary N) is 3. The van der Waals surface area contributed by atoms with Crippen LogP contribution in [-0.2, 0) is 20.5 Å². The fourth-order valence-corrected chi connectivity index (χ4v) is 6.35. The van der Waals surface area contributed by atoms with Crippen LogP contribution in [0.25, 0.3) is 5.65 Å². The first-order valence-electron chi connectivity index (χ1n) is 17.6. The van der Waals surface area contributed by atoms with Crippen LogP contribution in [0.4, 0.5) is 10.6 Å². The number of methoxy groups -OCH3 is 1. The Morgan fingerprint density at radius 2 is 1.75 bits per heavy atom. The molecule has 0 unspecified atom stereocenters. The van der Waals surface area contributed by atoms with E-state index in [9.17, 15) is 9.59 Å². The fourth-order valence-electron chi connectivity index (χ4n) is 6.35. The van der Waals surface area contributed by atoms with Crippen molar-refractivity contribution in [3.05, 3.63) is 77.1 Å². The third-order valence-corrected chi connectivity index (χ3v) is 9.42. The maximum atomic E-state index is 13.5. The number of morpholine rings is 1. The van der Waals surface area contributed by atoms with Crippen LogP contribution in [0.15, 0.2) is 48.7 Å². The maximum absolute atomic E-state index is 13.5. The van der Waals surface area contributed by atoms with Crippen LogP contribution in [0, 0.1) is 0 Å². The van der Waals surface area contributed by atoms with Crippen molar-refractivity contribution in [3.63, 3.8) is 0 Å². The summed E-state index contributed by atoms with van der Waals surface area (Å²) >= 11 is 0. The van der Waals surface area contributed by atoms with E-state index in [1.165, 1.54) is 0 Å². The summed E-state index contributed by atoms with van der Waals surface area (Å²) in [4.78, 5) is 37.9. The lowest BCUT2D eigenvalue weighted by atomic mass is 9.85. The van der Waals surface area contributed by atoms with Crippen molar-refractivity contribution in [1.29, 1.82) is 0 Å². The van der Waals surface area contributed by atoms with Crippen molar-refractivity contribution in [2.24, 2.45) is 0 Å². The predicted molar refractivity (Wildman–Crippen MR) is 192 cm³/mol. The van der Waals surface area contributed by atoms with E-state index in [2.05, 4.69) is 41.0 Å². The molecule has 14 heteroatoms. The van der Waals surface area contributed by atoms with Crippen LogP contribution in [0.3, 0.4) is 0 Å². The van der Waals surface area contributed by atoms with E-state index in [1.54, 1.807) is 13.2 Å². The molecule has 272 valence electrons. The van der Waals surface area contributed by atoms with E-state index in [4.69, 9.17) is 14.2 Å².